The van der Waals surface area contributed by atoms with Gasteiger partial charge in [-0.25, -0.2) is 13.2 Å². The second kappa shape index (κ2) is 7.70. The van der Waals surface area contributed by atoms with E-state index in [9.17, 15) is 13.2 Å². The highest BCUT2D eigenvalue weighted by atomic mass is 19.1. The molecule has 1 aliphatic rings. The molecule has 2 aromatic carbocycles. The Morgan fingerprint density at radius 1 is 1.07 bits per heavy atom. The van der Waals surface area contributed by atoms with E-state index in [1.807, 2.05) is 0 Å². The first-order valence-corrected chi connectivity index (χ1v) is 8.54. The molecule has 3 nitrogen and oxygen atoms in total. The second-order valence-corrected chi connectivity index (χ2v) is 6.38. The van der Waals surface area contributed by atoms with E-state index in [0.717, 1.165) is 30.5 Å². The van der Waals surface area contributed by atoms with E-state index in [0.29, 0.717) is 22.5 Å². The van der Waals surface area contributed by atoms with Gasteiger partial charge in [0.05, 0.1) is 5.69 Å². The fourth-order valence-electron chi connectivity index (χ4n) is 2.82. The maximum atomic E-state index is 14.7. The van der Waals surface area contributed by atoms with Gasteiger partial charge in [0, 0.05) is 48.8 Å². The topological polar surface area (TPSA) is 50.4 Å². The van der Waals surface area contributed by atoms with E-state index >= 15 is 0 Å². The van der Waals surface area contributed by atoms with Crippen LogP contribution in [0, 0.1) is 17.5 Å². The van der Waals surface area contributed by atoms with Crippen molar-refractivity contribution in [3.63, 3.8) is 0 Å². The first-order valence-electron chi connectivity index (χ1n) is 8.54. The van der Waals surface area contributed by atoms with E-state index in [-0.39, 0.29) is 12.7 Å². The van der Waals surface area contributed by atoms with Crippen molar-refractivity contribution < 1.29 is 14.6 Å². The highest BCUT2D eigenvalue weighted by Crippen LogP contribution is 2.38. The molecular formula is C21H22F3N3. The average molecular weight is 373 g/mol. The third-order valence-electron chi connectivity index (χ3n) is 4.29. The molecule has 0 aromatic heterocycles. The van der Waals surface area contributed by atoms with Crippen molar-refractivity contribution in [2.75, 3.05) is 12.4 Å². The van der Waals surface area contributed by atoms with Gasteiger partial charge in [-0.2, -0.15) is 0 Å². The van der Waals surface area contributed by atoms with Gasteiger partial charge < -0.3 is 11.1 Å². The summed E-state index contributed by atoms with van der Waals surface area (Å²) >= 11 is 0. The summed E-state index contributed by atoms with van der Waals surface area (Å²) in [6.45, 7) is 1.59. The number of allylic oxidation sites excluding steroid dienone is 3. The number of hydrogen-bond donors (Lipinski definition) is 2. The minimum Gasteiger partial charge on any atom is -0.402 e. The second-order valence-electron chi connectivity index (χ2n) is 6.38. The van der Waals surface area contributed by atoms with Gasteiger partial charge in [-0.15, -0.1) is 0 Å². The van der Waals surface area contributed by atoms with Crippen LogP contribution in [-0.4, -0.2) is 13.3 Å². The van der Waals surface area contributed by atoms with E-state index in [1.54, 1.807) is 25.1 Å². The number of aliphatic imine (C=N–C) groups is 1. The van der Waals surface area contributed by atoms with Crippen molar-refractivity contribution in [3.8, 4) is 0 Å². The summed E-state index contributed by atoms with van der Waals surface area (Å²) in [4.78, 5) is 3.84. The molecule has 0 spiro atoms. The lowest BCUT2D eigenvalue weighted by Gasteiger charge is -2.15. The van der Waals surface area contributed by atoms with Gasteiger partial charge >= 0.3 is 0 Å². The Labute approximate surface area is 157 Å². The Morgan fingerprint density at radius 2 is 1.78 bits per heavy atom. The Kier molecular flexibility index (Phi) is 5.35. The van der Waals surface area contributed by atoms with Crippen molar-refractivity contribution in [3.05, 3.63) is 76.2 Å². The van der Waals surface area contributed by atoms with Crippen molar-refractivity contribution in [1.29, 1.82) is 0 Å². The number of anilines is 1. The zero-order valence-electron chi connectivity index (χ0n) is 15.1. The number of hydrogen-bond acceptors (Lipinski definition) is 3. The molecule has 2 aromatic rings. The molecule has 142 valence electrons. The van der Waals surface area contributed by atoms with Crippen LogP contribution < -0.4 is 11.1 Å². The molecule has 0 atom stereocenters. The maximum absolute atomic E-state index is 14.7. The third-order valence-corrected chi connectivity index (χ3v) is 4.29. The number of nitrogens with zero attached hydrogens (tertiary/aromatic N) is 1. The number of nitrogens with one attached hydrogen (secondary N) is 1. The fraction of sp³-hybridized carbons (Fsp3) is 0.190. The normalized spacial score (nSPS) is 14.3. The molecule has 0 unspecified atom stereocenters. The summed E-state index contributed by atoms with van der Waals surface area (Å²) in [6.07, 6.45) is 2.98. The van der Waals surface area contributed by atoms with Crippen molar-refractivity contribution >= 4 is 23.2 Å². The van der Waals surface area contributed by atoms with Gasteiger partial charge in [0.2, 0.25) is 0 Å². The molecule has 0 bridgehead atoms. The fourth-order valence-corrected chi connectivity index (χ4v) is 2.82. The van der Waals surface area contributed by atoms with Crippen LogP contribution in [0.25, 0.3) is 11.3 Å². The third kappa shape index (κ3) is 4.05. The molecule has 27 heavy (non-hydrogen) atoms. The van der Waals surface area contributed by atoms with Gasteiger partial charge in [0.25, 0.3) is 0 Å². The van der Waals surface area contributed by atoms with E-state index < -0.39 is 17.5 Å². The summed E-state index contributed by atoms with van der Waals surface area (Å²) in [5, 5.41) is 2.88. The van der Waals surface area contributed by atoms with Crippen LogP contribution in [0.15, 0.2) is 52.7 Å². The summed E-state index contributed by atoms with van der Waals surface area (Å²) in [6, 6.07) is 8.37. The molecule has 0 amide bonds. The quantitative estimate of drug-likeness (QED) is 0.694. The van der Waals surface area contributed by atoms with Crippen molar-refractivity contribution in [2.24, 2.45) is 10.7 Å². The predicted octanol–water partition coefficient (Wildman–Crippen LogP) is 5.36. The standard InChI is InChI=1S/C21H20F3N3.H2/c1-12(25)16(11-26-2)15-9-19(24)20(10-18(15)23)27-21(13-7-8-13)14-5-3-4-6-17(14)22;/h3-6,9-11,27H,7-8,25H2,1-2H3;1H/b16-12+,26-11?;. The first-order chi connectivity index (χ1) is 12.9. The van der Waals surface area contributed by atoms with Crippen molar-refractivity contribution in [1.82, 2.24) is 0 Å². The monoisotopic (exact) mass is 373 g/mol. The number of nitrogens with two attached hydrogens (primary N) is 1. The lowest BCUT2D eigenvalue weighted by molar-refractivity contribution is 0.600. The Bertz CT molecular complexity index is 971. The van der Waals surface area contributed by atoms with Gasteiger partial charge in [-0.3, -0.25) is 4.99 Å². The molecular weight excluding hydrogens is 351 g/mol. The predicted molar refractivity (Wildman–Crippen MR) is 106 cm³/mol. The van der Waals surface area contributed by atoms with E-state index in [2.05, 4.69) is 10.3 Å². The highest BCUT2D eigenvalue weighted by Gasteiger charge is 2.23. The molecule has 0 radical (unpaired) electrons. The maximum Gasteiger partial charge on any atom is 0.147 e. The molecule has 0 aliphatic heterocycles. The van der Waals surface area contributed by atoms with Crippen LogP contribution in [0.1, 0.15) is 32.3 Å². The zero-order valence-corrected chi connectivity index (χ0v) is 15.1. The Hall–Kier alpha value is -3.02. The highest BCUT2D eigenvalue weighted by molar-refractivity contribution is 6.10. The summed E-state index contributed by atoms with van der Waals surface area (Å²) in [5.74, 6) is -1.72. The van der Waals surface area contributed by atoms with Gasteiger partial charge in [0.15, 0.2) is 0 Å². The summed E-state index contributed by atoms with van der Waals surface area (Å²) in [7, 11) is 1.52. The first kappa shape index (κ1) is 18.8. The number of benzene rings is 2. The molecule has 0 heterocycles. The number of halogens is 3. The lowest BCUT2D eigenvalue weighted by Crippen LogP contribution is -2.06. The number of rotatable bonds is 5. The molecule has 3 rings (SSSR count). The van der Waals surface area contributed by atoms with Crippen LogP contribution in [0.3, 0.4) is 0 Å². The minimum atomic E-state index is -0.662. The lowest BCUT2D eigenvalue weighted by atomic mass is 10.0. The van der Waals surface area contributed by atoms with Crippen LogP contribution in [-0.2, 0) is 0 Å². The molecule has 1 aliphatic carbocycles. The van der Waals surface area contributed by atoms with Crippen LogP contribution in [0.2, 0.25) is 0 Å². The Balaban J connectivity index is 0.00000280. The van der Waals surface area contributed by atoms with E-state index in [1.165, 1.54) is 19.3 Å². The Morgan fingerprint density at radius 3 is 2.37 bits per heavy atom. The van der Waals surface area contributed by atoms with Gasteiger partial charge in [-0.1, -0.05) is 12.1 Å². The average Bonchev–Trinajstić information content (AvgIpc) is 3.46. The smallest absolute Gasteiger partial charge is 0.147 e. The summed E-state index contributed by atoms with van der Waals surface area (Å²) < 4.78 is 43.5. The van der Waals surface area contributed by atoms with Gasteiger partial charge in [-0.05, 0) is 43.5 Å². The van der Waals surface area contributed by atoms with E-state index in [4.69, 9.17) is 5.73 Å². The largest absolute Gasteiger partial charge is 0.402 e. The summed E-state index contributed by atoms with van der Waals surface area (Å²) in [5.41, 5.74) is 8.17. The van der Waals surface area contributed by atoms with Gasteiger partial charge in [0.1, 0.15) is 17.5 Å². The van der Waals surface area contributed by atoms with Crippen LogP contribution in [0.5, 0.6) is 0 Å². The molecule has 1 fully saturated rings. The molecule has 1 saturated carbocycles. The SMILES string of the molecule is CN=C/C(=C(/C)N)c1cc(F)c(NC(=C2CC2)c2ccccc2F)cc1F.[HH]. The molecule has 0 saturated heterocycles. The zero-order chi connectivity index (χ0) is 19.6. The molecule has 3 N–H and O–H groups in total. The van der Waals surface area contributed by atoms with Crippen molar-refractivity contribution in [2.45, 2.75) is 19.8 Å². The molecule has 6 heteroatoms. The van der Waals surface area contributed by atoms with Crippen LogP contribution in [0.4, 0.5) is 18.9 Å². The van der Waals surface area contributed by atoms with Crippen LogP contribution >= 0.6 is 0 Å². The minimum absolute atomic E-state index is 0.